The number of halogens is 2. The number of fused-ring (bicyclic) bond motifs is 1. The van der Waals surface area contributed by atoms with Gasteiger partial charge in [-0.15, -0.1) is 11.6 Å². The summed E-state index contributed by atoms with van der Waals surface area (Å²) in [5, 5.41) is 0.647. The minimum absolute atomic E-state index is 0.0828. The first kappa shape index (κ1) is 14.2. The van der Waals surface area contributed by atoms with E-state index in [2.05, 4.69) is 17.6 Å². The molecule has 0 aliphatic heterocycles. The lowest BCUT2D eigenvalue weighted by Gasteiger charge is -2.29. The van der Waals surface area contributed by atoms with Crippen LogP contribution in [0.5, 0.6) is 0 Å². The molecule has 1 aliphatic rings. The molecule has 20 heavy (non-hydrogen) atoms. The molecular weight excluding hydrogens is 291 g/mol. The molecule has 3 rings (SSSR count). The Morgan fingerprint density at radius 3 is 2.60 bits per heavy atom. The van der Waals surface area contributed by atoms with E-state index >= 15 is 0 Å². The Balaban J connectivity index is 2.09. The first-order chi connectivity index (χ1) is 9.56. The summed E-state index contributed by atoms with van der Waals surface area (Å²) in [5.74, 6) is 1.82. The fourth-order valence-corrected chi connectivity index (χ4v) is 3.58. The van der Waals surface area contributed by atoms with Gasteiger partial charge in [-0.2, -0.15) is 0 Å². The highest BCUT2D eigenvalue weighted by molar-refractivity contribution is 6.31. The van der Waals surface area contributed by atoms with Gasteiger partial charge in [-0.25, -0.2) is 4.98 Å². The largest absolute Gasteiger partial charge is 0.324 e. The van der Waals surface area contributed by atoms with Crippen LogP contribution in [0, 0.1) is 5.92 Å². The van der Waals surface area contributed by atoms with E-state index < -0.39 is 0 Å². The fourth-order valence-electron chi connectivity index (χ4n) is 3.26. The van der Waals surface area contributed by atoms with Gasteiger partial charge in [-0.3, -0.25) is 0 Å². The van der Waals surface area contributed by atoms with Gasteiger partial charge in [-0.05, 0) is 56.7 Å². The molecule has 1 aromatic carbocycles. The maximum absolute atomic E-state index is 6.35. The summed E-state index contributed by atoms with van der Waals surface area (Å²) in [6, 6.07) is 6.47. The highest BCUT2D eigenvalue weighted by atomic mass is 35.5. The third-order valence-electron chi connectivity index (χ3n) is 4.39. The summed E-state index contributed by atoms with van der Waals surface area (Å²) >= 11 is 12.4. The number of hydrogen-bond acceptors (Lipinski definition) is 1. The van der Waals surface area contributed by atoms with E-state index in [1.54, 1.807) is 0 Å². The maximum atomic E-state index is 6.35. The summed E-state index contributed by atoms with van der Waals surface area (Å²) in [6.07, 6.45) is 5.00. The standard InChI is InChI=1S/C16H20Cl2N2/c1-10-3-6-13(7-4-10)20-15-8-5-12(18)9-14(15)19-16(20)11(2)17/h5,8-11,13H,3-4,6-7H2,1-2H3. The molecule has 4 heteroatoms. The number of hydrogen-bond donors (Lipinski definition) is 0. The zero-order valence-corrected chi connectivity index (χ0v) is 13.5. The summed E-state index contributed by atoms with van der Waals surface area (Å²) < 4.78 is 2.36. The van der Waals surface area contributed by atoms with Gasteiger partial charge in [0, 0.05) is 11.1 Å². The van der Waals surface area contributed by atoms with Crippen LogP contribution in [0.15, 0.2) is 18.2 Å². The third kappa shape index (κ3) is 2.56. The predicted octanol–water partition coefficient (Wildman–Crippen LogP) is 5.74. The van der Waals surface area contributed by atoms with Crippen LogP contribution in [0.1, 0.15) is 56.8 Å². The lowest BCUT2D eigenvalue weighted by molar-refractivity contribution is 0.289. The minimum atomic E-state index is -0.0828. The Morgan fingerprint density at radius 1 is 1.25 bits per heavy atom. The molecule has 1 unspecified atom stereocenters. The quantitative estimate of drug-likeness (QED) is 0.647. The van der Waals surface area contributed by atoms with Crippen LogP contribution in [0.3, 0.4) is 0 Å². The topological polar surface area (TPSA) is 17.8 Å². The zero-order valence-electron chi connectivity index (χ0n) is 11.9. The number of rotatable bonds is 2. The van der Waals surface area contributed by atoms with Gasteiger partial charge in [-0.1, -0.05) is 18.5 Å². The first-order valence-corrected chi connectivity index (χ1v) is 8.19. The van der Waals surface area contributed by atoms with E-state index in [-0.39, 0.29) is 5.38 Å². The predicted molar refractivity (Wildman–Crippen MR) is 85.7 cm³/mol. The Morgan fingerprint density at radius 2 is 1.95 bits per heavy atom. The summed E-state index contributed by atoms with van der Waals surface area (Å²) in [6.45, 7) is 4.33. The van der Waals surface area contributed by atoms with Crippen molar-refractivity contribution in [2.24, 2.45) is 5.92 Å². The van der Waals surface area contributed by atoms with Crippen molar-refractivity contribution in [2.45, 2.75) is 50.9 Å². The number of alkyl halides is 1. The van der Waals surface area contributed by atoms with E-state index in [1.165, 1.54) is 25.7 Å². The van der Waals surface area contributed by atoms with Crippen LogP contribution in [-0.4, -0.2) is 9.55 Å². The Bertz CT molecular complexity index is 610. The molecule has 1 aliphatic carbocycles. The first-order valence-electron chi connectivity index (χ1n) is 7.37. The SMILES string of the molecule is CC1CCC(n2c(C(C)Cl)nc3cc(Cl)ccc32)CC1. The van der Waals surface area contributed by atoms with Gasteiger partial charge < -0.3 is 4.57 Å². The molecule has 2 nitrogen and oxygen atoms in total. The number of aromatic nitrogens is 2. The van der Waals surface area contributed by atoms with Gasteiger partial charge in [0.25, 0.3) is 0 Å². The molecule has 0 spiro atoms. The van der Waals surface area contributed by atoms with Crippen LogP contribution < -0.4 is 0 Å². The Labute approximate surface area is 130 Å². The average molecular weight is 311 g/mol. The van der Waals surface area contributed by atoms with E-state index in [4.69, 9.17) is 28.2 Å². The van der Waals surface area contributed by atoms with Crippen molar-refractivity contribution in [3.8, 4) is 0 Å². The molecular formula is C16H20Cl2N2. The Hall–Kier alpha value is -0.730. The third-order valence-corrected chi connectivity index (χ3v) is 4.82. The molecule has 108 valence electrons. The molecule has 0 saturated heterocycles. The molecule has 2 aromatic rings. The van der Waals surface area contributed by atoms with Gasteiger partial charge in [0.1, 0.15) is 5.82 Å². The van der Waals surface area contributed by atoms with Crippen LogP contribution in [-0.2, 0) is 0 Å². The monoisotopic (exact) mass is 310 g/mol. The maximum Gasteiger partial charge on any atom is 0.127 e. The van der Waals surface area contributed by atoms with Crippen LogP contribution in [0.4, 0.5) is 0 Å². The second-order valence-electron chi connectivity index (χ2n) is 6.00. The average Bonchev–Trinajstić information content (AvgIpc) is 2.78. The van der Waals surface area contributed by atoms with Crippen molar-refractivity contribution in [2.75, 3.05) is 0 Å². The van der Waals surface area contributed by atoms with Crippen LogP contribution in [0.25, 0.3) is 11.0 Å². The molecule has 1 atom stereocenters. The highest BCUT2D eigenvalue weighted by Crippen LogP contribution is 2.37. The van der Waals surface area contributed by atoms with Crippen molar-refractivity contribution >= 4 is 34.2 Å². The van der Waals surface area contributed by atoms with Crippen LogP contribution in [0.2, 0.25) is 5.02 Å². The van der Waals surface area contributed by atoms with Gasteiger partial charge in [0.2, 0.25) is 0 Å². The molecule has 0 N–H and O–H groups in total. The van der Waals surface area contributed by atoms with E-state index in [9.17, 15) is 0 Å². The minimum Gasteiger partial charge on any atom is -0.324 e. The Kier molecular flexibility index (Phi) is 3.96. The lowest BCUT2D eigenvalue weighted by atomic mass is 9.87. The van der Waals surface area contributed by atoms with Gasteiger partial charge in [0.05, 0.1) is 16.4 Å². The summed E-state index contributed by atoms with van der Waals surface area (Å²) in [5.41, 5.74) is 2.12. The van der Waals surface area contributed by atoms with Crippen molar-refractivity contribution in [1.29, 1.82) is 0 Å². The molecule has 0 bridgehead atoms. The van der Waals surface area contributed by atoms with Crippen molar-refractivity contribution in [3.05, 3.63) is 29.0 Å². The highest BCUT2D eigenvalue weighted by Gasteiger charge is 2.25. The van der Waals surface area contributed by atoms with Gasteiger partial charge >= 0.3 is 0 Å². The summed E-state index contributed by atoms with van der Waals surface area (Å²) in [7, 11) is 0. The molecule has 0 radical (unpaired) electrons. The lowest BCUT2D eigenvalue weighted by Crippen LogP contribution is -2.18. The smallest absolute Gasteiger partial charge is 0.127 e. The zero-order chi connectivity index (χ0) is 14.3. The molecule has 1 heterocycles. The van der Waals surface area contributed by atoms with Gasteiger partial charge in [0.15, 0.2) is 0 Å². The van der Waals surface area contributed by atoms with Crippen LogP contribution >= 0.6 is 23.2 Å². The summed E-state index contributed by atoms with van der Waals surface area (Å²) in [4.78, 5) is 4.71. The number of benzene rings is 1. The number of nitrogens with zero attached hydrogens (tertiary/aromatic N) is 2. The normalized spacial score (nSPS) is 25.0. The van der Waals surface area contributed by atoms with E-state index in [1.807, 2.05) is 19.1 Å². The van der Waals surface area contributed by atoms with E-state index in [0.29, 0.717) is 6.04 Å². The molecule has 1 aromatic heterocycles. The fraction of sp³-hybridized carbons (Fsp3) is 0.562. The van der Waals surface area contributed by atoms with Crippen molar-refractivity contribution in [1.82, 2.24) is 9.55 Å². The van der Waals surface area contributed by atoms with Crippen molar-refractivity contribution in [3.63, 3.8) is 0 Å². The molecule has 1 fully saturated rings. The molecule has 1 saturated carbocycles. The second kappa shape index (κ2) is 5.57. The van der Waals surface area contributed by atoms with Crippen molar-refractivity contribution < 1.29 is 0 Å². The second-order valence-corrected chi connectivity index (χ2v) is 7.09. The van der Waals surface area contributed by atoms with E-state index in [0.717, 1.165) is 27.8 Å². The number of imidazole rings is 1. The molecule has 0 amide bonds.